The van der Waals surface area contributed by atoms with Gasteiger partial charge in [-0.3, -0.25) is 9.69 Å². The number of rotatable bonds is 9. The molecule has 0 N–H and O–H groups in total. The van der Waals surface area contributed by atoms with Crippen molar-refractivity contribution in [2.75, 3.05) is 13.1 Å². The van der Waals surface area contributed by atoms with E-state index >= 15 is 0 Å². The number of fused-ring (bicyclic) bond motifs is 1. The summed E-state index contributed by atoms with van der Waals surface area (Å²) in [7, 11) is 2.00. The van der Waals surface area contributed by atoms with Crippen molar-refractivity contribution in [1.82, 2.24) is 9.47 Å². The molecular formula is C37H37ClN2O. The highest BCUT2D eigenvalue weighted by atomic mass is 35.5. The molecule has 1 saturated heterocycles. The second-order valence-electron chi connectivity index (χ2n) is 11.2. The summed E-state index contributed by atoms with van der Waals surface area (Å²) in [5.74, 6) is 1.07. The fourth-order valence-electron chi connectivity index (χ4n) is 7.02. The lowest BCUT2D eigenvalue weighted by molar-refractivity contribution is 0.0894. The lowest BCUT2D eigenvalue weighted by Crippen LogP contribution is -2.51. The topological polar surface area (TPSA) is 25.2 Å². The van der Waals surface area contributed by atoms with Crippen molar-refractivity contribution in [1.29, 1.82) is 0 Å². The molecule has 208 valence electrons. The third-order valence-electron chi connectivity index (χ3n) is 9.08. The first-order valence-corrected chi connectivity index (χ1v) is 15.2. The molecule has 41 heavy (non-hydrogen) atoms. The molecule has 1 aromatic heterocycles. The number of hydrogen-bond acceptors (Lipinski definition) is 2. The predicted octanol–water partition coefficient (Wildman–Crippen LogP) is 8.58. The van der Waals surface area contributed by atoms with Crippen molar-refractivity contribution in [3.63, 3.8) is 0 Å². The van der Waals surface area contributed by atoms with Crippen LogP contribution in [0.3, 0.4) is 0 Å². The van der Waals surface area contributed by atoms with Crippen molar-refractivity contribution in [2.45, 2.75) is 37.1 Å². The summed E-state index contributed by atoms with van der Waals surface area (Å²) in [6, 6.07) is 40.9. The van der Waals surface area contributed by atoms with Gasteiger partial charge in [0.15, 0.2) is 5.78 Å². The maximum absolute atomic E-state index is 13.6. The molecule has 3 nitrogen and oxygen atoms in total. The van der Waals surface area contributed by atoms with Gasteiger partial charge in [-0.1, -0.05) is 109 Å². The Kier molecular flexibility index (Phi) is 8.09. The highest BCUT2D eigenvalue weighted by molar-refractivity contribution is 6.19. The van der Waals surface area contributed by atoms with Gasteiger partial charge in [0.05, 0.1) is 11.4 Å². The molecule has 0 bridgehead atoms. The minimum Gasteiger partial charge on any atom is -0.346 e. The molecule has 0 radical (unpaired) electrons. The zero-order valence-electron chi connectivity index (χ0n) is 23.7. The molecule has 2 heterocycles. The van der Waals surface area contributed by atoms with E-state index in [1.807, 2.05) is 25.2 Å². The van der Waals surface area contributed by atoms with Crippen LogP contribution in [0.25, 0.3) is 10.9 Å². The minimum atomic E-state index is -0.372. The van der Waals surface area contributed by atoms with E-state index in [9.17, 15) is 4.79 Å². The molecule has 5 aromatic rings. The molecule has 0 saturated carbocycles. The van der Waals surface area contributed by atoms with Gasteiger partial charge in [-0.05, 0) is 61.0 Å². The van der Waals surface area contributed by atoms with E-state index in [2.05, 4.69) is 107 Å². The van der Waals surface area contributed by atoms with E-state index in [1.54, 1.807) is 0 Å². The number of carbonyl (C=O) groups is 1. The maximum atomic E-state index is 13.6. The highest BCUT2D eigenvalue weighted by Gasteiger charge is 2.43. The smallest absolute Gasteiger partial charge is 0.165 e. The Morgan fingerprint density at radius 3 is 1.76 bits per heavy atom. The second-order valence-corrected chi connectivity index (χ2v) is 11.5. The fraction of sp³-hybridized carbons (Fsp3) is 0.270. The zero-order valence-corrected chi connectivity index (χ0v) is 24.4. The Labute approximate surface area is 248 Å². The largest absolute Gasteiger partial charge is 0.346 e. The normalized spacial score (nSPS) is 14.9. The molecule has 4 aromatic carbocycles. The number of nitrogens with zero attached hydrogens (tertiary/aromatic N) is 2. The number of likely N-dealkylation sites (tertiary alicyclic amines) is 1. The summed E-state index contributed by atoms with van der Waals surface area (Å²) < 4.78 is 2.07. The van der Waals surface area contributed by atoms with Gasteiger partial charge in [0.1, 0.15) is 0 Å². The van der Waals surface area contributed by atoms with Gasteiger partial charge < -0.3 is 4.57 Å². The Balaban J connectivity index is 1.25. The lowest BCUT2D eigenvalue weighted by atomic mass is 9.74. The monoisotopic (exact) mass is 560 g/mol. The lowest BCUT2D eigenvalue weighted by Gasteiger charge is -2.48. The Hall–Kier alpha value is -3.66. The number of carbonyl (C=O) groups excluding carboxylic acids is 1. The van der Waals surface area contributed by atoms with Gasteiger partial charge in [-0.25, -0.2) is 0 Å². The molecule has 1 aliphatic rings. The summed E-state index contributed by atoms with van der Waals surface area (Å²) in [6.45, 7) is 1.94. The Morgan fingerprint density at radius 2 is 1.24 bits per heavy atom. The fourth-order valence-corrected chi connectivity index (χ4v) is 7.33. The Bertz CT molecular complexity index is 1510. The molecule has 1 fully saturated rings. The third kappa shape index (κ3) is 5.03. The number of Topliss-reactive ketones (excluding diaryl/α,β-unsaturated/α-hetero) is 1. The van der Waals surface area contributed by atoms with Crippen LogP contribution < -0.4 is 0 Å². The summed E-state index contributed by atoms with van der Waals surface area (Å²) in [6.07, 6.45) is 3.61. The van der Waals surface area contributed by atoms with E-state index in [0.29, 0.717) is 18.2 Å². The zero-order chi connectivity index (χ0) is 28.2. The van der Waals surface area contributed by atoms with Gasteiger partial charge in [-0.2, -0.15) is 0 Å². The Morgan fingerprint density at radius 1 is 0.756 bits per heavy atom. The second kappa shape index (κ2) is 12.1. The molecule has 0 unspecified atom stereocenters. The van der Waals surface area contributed by atoms with Crippen LogP contribution in [0.1, 0.15) is 58.4 Å². The van der Waals surface area contributed by atoms with E-state index in [0.717, 1.165) is 54.5 Å². The van der Waals surface area contributed by atoms with Gasteiger partial charge in [0.25, 0.3) is 0 Å². The van der Waals surface area contributed by atoms with Gasteiger partial charge >= 0.3 is 0 Å². The van der Waals surface area contributed by atoms with Crippen LogP contribution in [0.4, 0.5) is 0 Å². The predicted molar refractivity (Wildman–Crippen MR) is 170 cm³/mol. The van der Waals surface area contributed by atoms with Crippen molar-refractivity contribution < 1.29 is 4.79 Å². The van der Waals surface area contributed by atoms with E-state index < -0.39 is 0 Å². The quantitative estimate of drug-likeness (QED) is 0.102. The molecular weight excluding hydrogens is 524 g/mol. The van der Waals surface area contributed by atoms with Crippen LogP contribution in [0, 0.1) is 5.92 Å². The van der Waals surface area contributed by atoms with Gasteiger partial charge in [-0.15, -0.1) is 11.6 Å². The molecule has 1 aliphatic heterocycles. The average Bonchev–Trinajstić information content (AvgIpc) is 3.34. The number of piperidine rings is 1. The van der Waals surface area contributed by atoms with Crippen LogP contribution in [0.2, 0.25) is 0 Å². The molecule has 0 spiro atoms. The molecule has 0 atom stereocenters. The highest BCUT2D eigenvalue weighted by Crippen LogP contribution is 2.44. The van der Waals surface area contributed by atoms with E-state index in [1.165, 1.54) is 16.7 Å². The van der Waals surface area contributed by atoms with Crippen LogP contribution in [-0.4, -0.2) is 28.3 Å². The average molecular weight is 561 g/mol. The molecule has 4 heteroatoms. The maximum Gasteiger partial charge on any atom is 0.165 e. The van der Waals surface area contributed by atoms with Crippen molar-refractivity contribution >= 4 is 28.3 Å². The number of hydrogen-bond donors (Lipinski definition) is 0. The standard InChI is InChI=1S/C37H37ClN2O/c1-39-33-20-12-11-19-32(33)36(34(39)27-38)35(41)22-21-28-23-25-40(26-24-28)37(29-13-5-2-6-14-29,30-15-7-3-8-16-30)31-17-9-4-10-18-31/h2-20,28H,21-27H2,1H3. The van der Waals surface area contributed by atoms with Crippen LogP contribution >= 0.6 is 11.6 Å². The van der Waals surface area contributed by atoms with Crippen LogP contribution in [0.5, 0.6) is 0 Å². The number of para-hydroxylation sites is 1. The number of ketones is 1. The summed E-state index contributed by atoms with van der Waals surface area (Å²) in [5, 5.41) is 1.02. The van der Waals surface area contributed by atoms with Gasteiger partial charge in [0, 0.05) is 35.6 Å². The van der Waals surface area contributed by atoms with Crippen LogP contribution in [-0.2, 0) is 18.5 Å². The van der Waals surface area contributed by atoms with Crippen LogP contribution in [0.15, 0.2) is 115 Å². The van der Waals surface area contributed by atoms with Crippen molar-refractivity contribution in [2.24, 2.45) is 13.0 Å². The first-order chi connectivity index (χ1) is 20.1. The molecule has 0 amide bonds. The van der Waals surface area contributed by atoms with E-state index in [-0.39, 0.29) is 11.3 Å². The number of benzene rings is 4. The number of halogens is 1. The van der Waals surface area contributed by atoms with E-state index in [4.69, 9.17) is 11.6 Å². The first kappa shape index (κ1) is 27.5. The number of aromatic nitrogens is 1. The summed E-state index contributed by atoms with van der Waals surface area (Å²) in [4.78, 5) is 16.3. The van der Waals surface area contributed by atoms with Crippen molar-refractivity contribution in [3.8, 4) is 0 Å². The third-order valence-corrected chi connectivity index (χ3v) is 9.33. The minimum absolute atomic E-state index is 0.215. The number of aryl methyl sites for hydroxylation is 1. The summed E-state index contributed by atoms with van der Waals surface area (Å²) >= 11 is 6.33. The molecule has 0 aliphatic carbocycles. The van der Waals surface area contributed by atoms with Gasteiger partial charge in [0.2, 0.25) is 0 Å². The number of alkyl halides is 1. The summed E-state index contributed by atoms with van der Waals surface area (Å²) in [5.41, 5.74) is 6.29. The first-order valence-electron chi connectivity index (χ1n) is 14.7. The van der Waals surface area contributed by atoms with Crippen molar-refractivity contribution in [3.05, 3.63) is 143 Å². The SMILES string of the molecule is Cn1c(CCl)c(C(=O)CCC2CCN(C(c3ccccc3)(c3ccccc3)c3ccccc3)CC2)c2ccccc21. The molecule has 6 rings (SSSR count).